The van der Waals surface area contributed by atoms with Gasteiger partial charge < -0.3 is 29.3 Å². The van der Waals surface area contributed by atoms with Crippen LogP contribution in [0.15, 0.2) is 109 Å². The molecule has 0 aromatic rings. The molecule has 0 heterocycles. The van der Waals surface area contributed by atoms with Gasteiger partial charge in [0, 0.05) is 51.2 Å². The van der Waals surface area contributed by atoms with Gasteiger partial charge in [-0.2, -0.15) is 0 Å². The topological polar surface area (TPSA) is 114 Å². The number of rotatable bonds is 44. The highest BCUT2D eigenvalue weighted by Gasteiger charge is 2.13. The SMILES string of the molecule is CCCCC/C=C\C/C=C\C/C=C\C/C=C\CCCC(=O)OCCCN(CCCOC(=O)CCC/C=C\C/C=C\C/C=C\C/C=C\CCCCC)C(=O)C=CC(=O)NCCOCCN(C)C. The number of nitrogens with one attached hydrogen (secondary N) is 1. The Bertz CT molecular complexity index is 1390. The first-order valence-electron chi connectivity index (χ1n) is 25.3. The maximum absolute atomic E-state index is 13.1. The van der Waals surface area contributed by atoms with Crippen LogP contribution in [0.1, 0.15) is 155 Å². The van der Waals surface area contributed by atoms with Crippen LogP contribution in [-0.4, -0.2) is 100 Å². The normalized spacial score (nSPS) is 12.4. The molecule has 0 spiro atoms. The Morgan fingerprint density at radius 1 is 0.439 bits per heavy atom. The number of esters is 2. The molecule has 0 fully saturated rings. The fourth-order valence-electron chi connectivity index (χ4n) is 6.12. The monoisotopic (exact) mass is 918 g/mol. The van der Waals surface area contributed by atoms with E-state index in [9.17, 15) is 19.2 Å². The van der Waals surface area contributed by atoms with Crippen LogP contribution in [0.25, 0.3) is 0 Å². The zero-order chi connectivity index (χ0) is 48.2. The number of ether oxygens (including phenoxy) is 3. The minimum Gasteiger partial charge on any atom is -0.466 e. The van der Waals surface area contributed by atoms with E-state index in [1.807, 2.05) is 19.0 Å². The van der Waals surface area contributed by atoms with Crippen LogP contribution >= 0.6 is 0 Å². The van der Waals surface area contributed by atoms with E-state index < -0.39 is 0 Å². The molecule has 10 heteroatoms. The van der Waals surface area contributed by atoms with Crippen molar-refractivity contribution >= 4 is 23.8 Å². The van der Waals surface area contributed by atoms with E-state index in [1.54, 1.807) is 4.90 Å². The lowest BCUT2D eigenvalue weighted by atomic mass is 10.2. The van der Waals surface area contributed by atoms with E-state index in [0.29, 0.717) is 71.4 Å². The molecule has 0 aliphatic rings. The molecule has 0 saturated carbocycles. The van der Waals surface area contributed by atoms with Crippen molar-refractivity contribution in [2.24, 2.45) is 0 Å². The average Bonchev–Trinajstić information content (AvgIpc) is 3.30. The van der Waals surface area contributed by atoms with Crippen LogP contribution < -0.4 is 5.32 Å². The minimum absolute atomic E-state index is 0.180. The molecule has 0 aromatic heterocycles. The van der Waals surface area contributed by atoms with Gasteiger partial charge in [0.1, 0.15) is 0 Å². The third-order valence-corrected chi connectivity index (χ3v) is 10.0. The Labute approximate surface area is 402 Å². The van der Waals surface area contributed by atoms with E-state index in [0.717, 1.165) is 57.9 Å². The smallest absolute Gasteiger partial charge is 0.305 e. The van der Waals surface area contributed by atoms with Crippen molar-refractivity contribution in [2.45, 2.75) is 155 Å². The number of carbonyl (C=O) groups is 4. The van der Waals surface area contributed by atoms with E-state index in [-0.39, 0.29) is 37.0 Å². The van der Waals surface area contributed by atoms with Crippen LogP contribution in [0.2, 0.25) is 0 Å². The molecule has 372 valence electrons. The molecule has 0 radical (unpaired) electrons. The lowest BCUT2D eigenvalue weighted by molar-refractivity contribution is -0.144. The van der Waals surface area contributed by atoms with Crippen molar-refractivity contribution in [3.05, 3.63) is 109 Å². The third kappa shape index (κ3) is 47.4. The van der Waals surface area contributed by atoms with Crippen molar-refractivity contribution in [3.8, 4) is 0 Å². The molecule has 0 saturated heterocycles. The van der Waals surface area contributed by atoms with Crippen LogP contribution in [0.3, 0.4) is 0 Å². The molecule has 0 rings (SSSR count). The van der Waals surface area contributed by atoms with Crippen LogP contribution in [0.5, 0.6) is 0 Å². The first kappa shape index (κ1) is 61.5. The summed E-state index contributed by atoms with van der Waals surface area (Å²) in [5.74, 6) is -1.26. The fraction of sp³-hybridized carbons (Fsp3) is 0.607. The van der Waals surface area contributed by atoms with Gasteiger partial charge in [-0.15, -0.1) is 0 Å². The van der Waals surface area contributed by atoms with Gasteiger partial charge in [0.15, 0.2) is 0 Å². The molecular formula is C56H91N3O7. The molecule has 0 bridgehead atoms. The Kier molecular flexibility index (Phi) is 46.5. The van der Waals surface area contributed by atoms with Gasteiger partial charge in [0.2, 0.25) is 11.8 Å². The second kappa shape index (κ2) is 49.9. The highest BCUT2D eigenvalue weighted by Crippen LogP contribution is 2.06. The standard InChI is InChI=1S/C56H91N3O7/c1-5-7-9-11-13-15-17-19-21-23-25-27-29-31-33-35-37-41-55(62)65-49-39-46-59(54(61)44-43-53(60)57-45-51-64-52-48-58(3)4)47-40-50-66-56(63)42-38-36-34-32-30-28-26-24-22-20-18-16-14-12-10-8-6-2/h13-16,19-22,25-28,31-34,43-44H,5-12,17-18,23-24,29-30,35-42,45-52H2,1-4H3,(H,57,60)/b15-13-,16-14-,21-19-,22-20-,27-25-,28-26-,33-31-,34-32-,44-43?. The second-order valence-electron chi connectivity index (χ2n) is 16.5. The summed E-state index contributed by atoms with van der Waals surface area (Å²) in [5.41, 5.74) is 0. The largest absolute Gasteiger partial charge is 0.466 e. The molecule has 66 heavy (non-hydrogen) atoms. The van der Waals surface area contributed by atoms with Gasteiger partial charge in [-0.05, 0) is 117 Å². The van der Waals surface area contributed by atoms with Crippen molar-refractivity contribution in [1.29, 1.82) is 0 Å². The number of likely N-dealkylation sites (N-methyl/N-ethyl adjacent to an activating group) is 1. The summed E-state index contributed by atoms with van der Waals surface area (Å²) < 4.78 is 16.4. The fourth-order valence-corrected chi connectivity index (χ4v) is 6.12. The zero-order valence-corrected chi connectivity index (χ0v) is 41.9. The summed E-state index contributed by atoms with van der Waals surface area (Å²) >= 11 is 0. The van der Waals surface area contributed by atoms with Gasteiger partial charge in [0.25, 0.3) is 0 Å². The van der Waals surface area contributed by atoms with E-state index in [1.165, 1.54) is 63.5 Å². The summed E-state index contributed by atoms with van der Waals surface area (Å²) in [4.78, 5) is 53.8. The Morgan fingerprint density at radius 3 is 1.23 bits per heavy atom. The van der Waals surface area contributed by atoms with Crippen LogP contribution in [0, 0.1) is 0 Å². The van der Waals surface area contributed by atoms with Gasteiger partial charge in [-0.1, -0.05) is 137 Å². The Hall–Kier alpha value is -4.54. The lowest BCUT2D eigenvalue weighted by Gasteiger charge is -2.21. The van der Waals surface area contributed by atoms with Crippen LogP contribution in [0.4, 0.5) is 0 Å². The molecular weight excluding hydrogens is 827 g/mol. The summed E-state index contributed by atoms with van der Waals surface area (Å²) in [6, 6.07) is 0. The van der Waals surface area contributed by atoms with Crippen molar-refractivity contribution in [3.63, 3.8) is 0 Å². The van der Waals surface area contributed by atoms with E-state index in [2.05, 4.69) is 116 Å². The number of allylic oxidation sites excluding steroid dienone is 16. The molecule has 0 aliphatic heterocycles. The van der Waals surface area contributed by atoms with E-state index >= 15 is 0 Å². The molecule has 0 unspecified atom stereocenters. The molecule has 0 atom stereocenters. The minimum atomic E-state index is -0.389. The van der Waals surface area contributed by atoms with Crippen molar-refractivity contribution in [1.82, 2.24) is 15.1 Å². The molecule has 10 nitrogen and oxygen atoms in total. The quantitative estimate of drug-likeness (QED) is 0.0278. The van der Waals surface area contributed by atoms with Gasteiger partial charge in [0.05, 0.1) is 26.4 Å². The highest BCUT2D eigenvalue weighted by molar-refractivity contribution is 5.96. The maximum Gasteiger partial charge on any atom is 0.305 e. The summed E-state index contributed by atoms with van der Waals surface area (Å²) in [6.45, 7) is 7.52. The predicted molar refractivity (Wildman–Crippen MR) is 276 cm³/mol. The number of amides is 2. The summed E-state index contributed by atoms with van der Waals surface area (Å²) in [7, 11) is 3.92. The average molecular weight is 918 g/mol. The first-order chi connectivity index (χ1) is 32.3. The van der Waals surface area contributed by atoms with Crippen molar-refractivity contribution < 1.29 is 33.4 Å². The Balaban J connectivity index is 4.55. The highest BCUT2D eigenvalue weighted by atomic mass is 16.5. The molecule has 0 aliphatic carbocycles. The van der Waals surface area contributed by atoms with Crippen molar-refractivity contribution in [2.75, 3.05) is 66.7 Å². The first-order valence-corrected chi connectivity index (χ1v) is 25.3. The van der Waals surface area contributed by atoms with Gasteiger partial charge in [-0.3, -0.25) is 19.2 Å². The molecule has 2 amide bonds. The molecule has 1 N–H and O–H groups in total. The second-order valence-corrected chi connectivity index (χ2v) is 16.5. The number of hydrogen-bond donors (Lipinski definition) is 1. The van der Waals surface area contributed by atoms with Crippen LogP contribution in [-0.2, 0) is 33.4 Å². The lowest BCUT2D eigenvalue weighted by Crippen LogP contribution is -2.33. The van der Waals surface area contributed by atoms with Gasteiger partial charge >= 0.3 is 11.9 Å². The molecule has 0 aromatic carbocycles. The third-order valence-electron chi connectivity index (χ3n) is 10.0. The number of carbonyl (C=O) groups excluding carboxylic acids is 4. The maximum atomic E-state index is 13.1. The van der Waals surface area contributed by atoms with E-state index in [4.69, 9.17) is 14.2 Å². The predicted octanol–water partition coefficient (Wildman–Crippen LogP) is 12.2. The summed E-state index contributed by atoms with van der Waals surface area (Å²) in [6.07, 6.45) is 57.5. The summed E-state index contributed by atoms with van der Waals surface area (Å²) in [5, 5.41) is 2.72. The zero-order valence-electron chi connectivity index (χ0n) is 41.9. The number of hydrogen-bond acceptors (Lipinski definition) is 8. The Morgan fingerprint density at radius 2 is 0.833 bits per heavy atom. The number of nitrogens with zero attached hydrogens (tertiary/aromatic N) is 2. The number of unbranched alkanes of at least 4 members (excludes halogenated alkanes) is 8. The van der Waals surface area contributed by atoms with Gasteiger partial charge in [-0.25, -0.2) is 0 Å².